The quantitative estimate of drug-likeness (QED) is 0.462. The summed E-state index contributed by atoms with van der Waals surface area (Å²) < 4.78 is 5.37. The van der Waals surface area contributed by atoms with Crippen LogP contribution >= 0.6 is 24.0 Å². The van der Waals surface area contributed by atoms with Gasteiger partial charge in [-0.05, 0) is 43.7 Å². The van der Waals surface area contributed by atoms with Crippen LogP contribution in [0.1, 0.15) is 44.8 Å². The number of hydrogen-bond donors (Lipinski definition) is 1. The number of nitrogens with one attached hydrogen (secondary N) is 1. The SMILES string of the molecule is CCNC(=NCCc1ccco1)N1CCC2(CCCC2)C1.I. The first-order valence-electron chi connectivity index (χ1n) is 8.37. The van der Waals surface area contributed by atoms with Gasteiger partial charge in [0, 0.05) is 32.6 Å². The van der Waals surface area contributed by atoms with E-state index >= 15 is 0 Å². The maximum Gasteiger partial charge on any atom is 0.193 e. The van der Waals surface area contributed by atoms with Gasteiger partial charge >= 0.3 is 0 Å². The smallest absolute Gasteiger partial charge is 0.193 e. The second-order valence-corrected chi connectivity index (χ2v) is 6.44. The van der Waals surface area contributed by atoms with Gasteiger partial charge in [0.05, 0.1) is 6.26 Å². The number of halogens is 1. The van der Waals surface area contributed by atoms with Crippen LogP contribution in [0.2, 0.25) is 0 Å². The molecular weight excluding hydrogens is 389 g/mol. The molecule has 0 radical (unpaired) electrons. The molecule has 1 aromatic heterocycles. The number of rotatable bonds is 4. The van der Waals surface area contributed by atoms with Crippen LogP contribution in [0, 0.1) is 5.41 Å². The van der Waals surface area contributed by atoms with Crippen molar-refractivity contribution in [1.29, 1.82) is 0 Å². The molecule has 0 atom stereocenters. The highest BCUT2D eigenvalue weighted by Crippen LogP contribution is 2.45. The zero-order valence-corrected chi connectivity index (χ0v) is 15.8. The average Bonchev–Trinajstić information content (AvgIpc) is 3.22. The molecule has 5 heteroatoms. The molecule has 1 aliphatic carbocycles. The van der Waals surface area contributed by atoms with Crippen molar-refractivity contribution in [3.8, 4) is 0 Å². The molecule has 124 valence electrons. The molecule has 1 spiro atoms. The average molecular weight is 417 g/mol. The van der Waals surface area contributed by atoms with Crippen LogP contribution in [0.5, 0.6) is 0 Å². The molecule has 0 aromatic carbocycles. The number of likely N-dealkylation sites (tertiary alicyclic amines) is 1. The lowest BCUT2D eigenvalue weighted by Gasteiger charge is -2.25. The zero-order chi connectivity index (χ0) is 14.5. The van der Waals surface area contributed by atoms with Crippen molar-refractivity contribution in [3.63, 3.8) is 0 Å². The van der Waals surface area contributed by atoms with Crippen molar-refractivity contribution < 1.29 is 4.42 Å². The molecule has 0 unspecified atom stereocenters. The summed E-state index contributed by atoms with van der Waals surface area (Å²) in [5, 5.41) is 3.46. The minimum atomic E-state index is 0. The molecule has 1 saturated carbocycles. The lowest BCUT2D eigenvalue weighted by Crippen LogP contribution is -2.41. The van der Waals surface area contributed by atoms with Crippen LogP contribution in [0.15, 0.2) is 27.8 Å². The van der Waals surface area contributed by atoms with Gasteiger partial charge in [0.1, 0.15) is 5.76 Å². The molecule has 1 saturated heterocycles. The zero-order valence-electron chi connectivity index (χ0n) is 13.5. The van der Waals surface area contributed by atoms with E-state index in [0.717, 1.165) is 37.8 Å². The minimum Gasteiger partial charge on any atom is -0.469 e. The van der Waals surface area contributed by atoms with E-state index in [1.807, 2.05) is 12.1 Å². The minimum absolute atomic E-state index is 0. The first kappa shape index (κ1) is 17.6. The van der Waals surface area contributed by atoms with Gasteiger partial charge in [-0.15, -0.1) is 24.0 Å². The monoisotopic (exact) mass is 417 g/mol. The van der Waals surface area contributed by atoms with E-state index in [0.29, 0.717) is 5.41 Å². The van der Waals surface area contributed by atoms with Crippen LogP contribution < -0.4 is 5.32 Å². The molecule has 0 bridgehead atoms. The molecule has 2 heterocycles. The van der Waals surface area contributed by atoms with Gasteiger partial charge in [0.2, 0.25) is 0 Å². The van der Waals surface area contributed by atoms with E-state index in [-0.39, 0.29) is 24.0 Å². The maximum atomic E-state index is 5.37. The van der Waals surface area contributed by atoms with E-state index in [1.165, 1.54) is 38.6 Å². The molecule has 1 aromatic rings. The fraction of sp³-hybridized carbons (Fsp3) is 0.706. The van der Waals surface area contributed by atoms with E-state index in [1.54, 1.807) is 6.26 Å². The van der Waals surface area contributed by atoms with Crippen molar-refractivity contribution in [1.82, 2.24) is 10.2 Å². The molecule has 3 rings (SSSR count). The number of furan rings is 1. The van der Waals surface area contributed by atoms with Crippen molar-refractivity contribution in [2.75, 3.05) is 26.2 Å². The van der Waals surface area contributed by atoms with Gasteiger partial charge in [0.15, 0.2) is 5.96 Å². The summed E-state index contributed by atoms with van der Waals surface area (Å²) >= 11 is 0. The Kier molecular flexibility index (Phi) is 6.59. The van der Waals surface area contributed by atoms with E-state index < -0.39 is 0 Å². The lowest BCUT2D eigenvalue weighted by atomic mass is 9.86. The van der Waals surface area contributed by atoms with Crippen LogP contribution in [0.25, 0.3) is 0 Å². The second kappa shape index (κ2) is 8.22. The highest BCUT2D eigenvalue weighted by Gasteiger charge is 2.40. The maximum absolute atomic E-state index is 5.37. The largest absolute Gasteiger partial charge is 0.469 e. The van der Waals surface area contributed by atoms with E-state index in [4.69, 9.17) is 9.41 Å². The Hall–Kier alpha value is -0.720. The van der Waals surface area contributed by atoms with Crippen molar-refractivity contribution >= 4 is 29.9 Å². The second-order valence-electron chi connectivity index (χ2n) is 6.44. The molecular formula is C17H28IN3O. The van der Waals surface area contributed by atoms with Crippen LogP contribution in [0.3, 0.4) is 0 Å². The van der Waals surface area contributed by atoms with Gasteiger partial charge in [-0.3, -0.25) is 4.99 Å². The van der Waals surface area contributed by atoms with E-state index in [2.05, 4.69) is 17.1 Å². The fourth-order valence-electron chi connectivity index (χ4n) is 3.80. The Labute approximate surface area is 150 Å². The number of hydrogen-bond acceptors (Lipinski definition) is 2. The Morgan fingerprint density at radius 2 is 2.18 bits per heavy atom. The summed E-state index contributed by atoms with van der Waals surface area (Å²) in [6, 6.07) is 3.96. The molecule has 4 nitrogen and oxygen atoms in total. The molecule has 1 aliphatic heterocycles. The Balaban J connectivity index is 0.00000176. The topological polar surface area (TPSA) is 40.8 Å². The third-order valence-corrected chi connectivity index (χ3v) is 4.94. The standard InChI is InChI=1S/C17H27N3O.HI/c1-2-18-16(19-11-7-15-6-5-13-21-15)20-12-10-17(14-20)8-3-4-9-17;/h5-6,13H,2-4,7-12,14H2,1H3,(H,18,19);1H. The molecule has 2 fully saturated rings. The van der Waals surface area contributed by atoms with Gasteiger partial charge < -0.3 is 14.6 Å². The number of guanidine groups is 1. The number of aliphatic imine (C=N–C) groups is 1. The van der Waals surface area contributed by atoms with Crippen LogP contribution in [-0.4, -0.2) is 37.0 Å². The van der Waals surface area contributed by atoms with Gasteiger partial charge in [-0.25, -0.2) is 0 Å². The molecule has 22 heavy (non-hydrogen) atoms. The highest BCUT2D eigenvalue weighted by molar-refractivity contribution is 14.0. The summed E-state index contributed by atoms with van der Waals surface area (Å²) in [6.07, 6.45) is 9.61. The third kappa shape index (κ3) is 4.18. The third-order valence-electron chi connectivity index (χ3n) is 4.94. The van der Waals surface area contributed by atoms with Gasteiger partial charge in [0.25, 0.3) is 0 Å². The molecule has 1 N–H and O–H groups in total. The Morgan fingerprint density at radius 3 is 2.86 bits per heavy atom. The van der Waals surface area contributed by atoms with Crippen LogP contribution in [-0.2, 0) is 6.42 Å². The summed E-state index contributed by atoms with van der Waals surface area (Å²) in [7, 11) is 0. The Morgan fingerprint density at radius 1 is 1.36 bits per heavy atom. The summed E-state index contributed by atoms with van der Waals surface area (Å²) in [6.45, 7) is 6.22. The fourth-order valence-corrected chi connectivity index (χ4v) is 3.80. The summed E-state index contributed by atoms with van der Waals surface area (Å²) in [5.74, 6) is 2.11. The summed E-state index contributed by atoms with van der Waals surface area (Å²) in [5.41, 5.74) is 0.594. The normalized spacial score (nSPS) is 20.4. The van der Waals surface area contributed by atoms with Crippen molar-refractivity contribution in [3.05, 3.63) is 24.2 Å². The predicted molar refractivity (Wildman–Crippen MR) is 101 cm³/mol. The first-order valence-corrected chi connectivity index (χ1v) is 8.37. The molecule has 2 aliphatic rings. The number of nitrogens with zero attached hydrogens (tertiary/aromatic N) is 2. The predicted octanol–water partition coefficient (Wildman–Crippen LogP) is 3.67. The highest BCUT2D eigenvalue weighted by atomic mass is 127. The Bertz CT molecular complexity index is 466. The van der Waals surface area contributed by atoms with E-state index in [9.17, 15) is 0 Å². The van der Waals surface area contributed by atoms with Crippen LogP contribution in [0.4, 0.5) is 0 Å². The molecule has 0 amide bonds. The van der Waals surface area contributed by atoms with Crippen molar-refractivity contribution in [2.45, 2.75) is 45.4 Å². The van der Waals surface area contributed by atoms with Gasteiger partial charge in [-0.1, -0.05) is 12.8 Å². The van der Waals surface area contributed by atoms with Crippen molar-refractivity contribution in [2.24, 2.45) is 10.4 Å². The van der Waals surface area contributed by atoms with Gasteiger partial charge in [-0.2, -0.15) is 0 Å². The lowest BCUT2D eigenvalue weighted by molar-refractivity contribution is 0.309. The summed E-state index contributed by atoms with van der Waals surface area (Å²) in [4.78, 5) is 7.27. The first-order chi connectivity index (χ1) is 10.3.